The molecular formula is C28H25F4NO5. The second-order valence-electron chi connectivity index (χ2n) is 7.78. The average molecular weight is 532 g/mol. The van der Waals surface area contributed by atoms with Gasteiger partial charge in [0.1, 0.15) is 0 Å². The number of benzene rings is 3. The first-order valence-corrected chi connectivity index (χ1v) is 11.1. The Bertz CT molecular complexity index is 1320. The Labute approximate surface area is 217 Å². The molecule has 3 aromatic carbocycles. The molecule has 0 bridgehead atoms. The van der Waals surface area contributed by atoms with E-state index in [4.69, 9.17) is 18.9 Å². The summed E-state index contributed by atoms with van der Waals surface area (Å²) in [4.78, 5) is 12.4. The van der Waals surface area contributed by atoms with Crippen LogP contribution in [-0.2, 0) is 6.18 Å². The number of carbonyl (C=O) groups excluding carboxylic acids is 1. The molecule has 0 aliphatic carbocycles. The van der Waals surface area contributed by atoms with Crippen LogP contribution in [0.5, 0.6) is 23.0 Å². The van der Waals surface area contributed by atoms with Gasteiger partial charge in [-0.3, -0.25) is 4.79 Å². The van der Waals surface area contributed by atoms with Gasteiger partial charge in [0.05, 0.1) is 34.0 Å². The fraction of sp³-hybridized carbons (Fsp3) is 0.179. The van der Waals surface area contributed by atoms with Crippen molar-refractivity contribution in [3.63, 3.8) is 0 Å². The molecule has 0 fully saturated rings. The van der Waals surface area contributed by atoms with E-state index in [0.717, 1.165) is 30.3 Å². The Morgan fingerprint density at radius 3 is 1.95 bits per heavy atom. The van der Waals surface area contributed by atoms with E-state index in [9.17, 15) is 22.4 Å². The van der Waals surface area contributed by atoms with Crippen molar-refractivity contribution in [3.05, 3.63) is 88.9 Å². The number of allylic oxidation sites excluding steroid dienone is 1. The van der Waals surface area contributed by atoms with Crippen molar-refractivity contribution in [1.82, 2.24) is 0 Å². The van der Waals surface area contributed by atoms with Crippen LogP contribution in [0.2, 0.25) is 0 Å². The van der Waals surface area contributed by atoms with Gasteiger partial charge in [0.2, 0.25) is 5.75 Å². The number of carbonyl (C=O) groups is 1. The van der Waals surface area contributed by atoms with E-state index >= 15 is 0 Å². The lowest BCUT2D eigenvalue weighted by molar-refractivity contribution is -0.137. The molecule has 0 radical (unpaired) electrons. The zero-order valence-corrected chi connectivity index (χ0v) is 21.0. The second-order valence-corrected chi connectivity index (χ2v) is 7.78. The zero-order chi connectivity index (χ0) is 27.9. The van der Waals surface area contributed by atoms with Gasteiger partial charge in [0, 0.05) is 35.2 Å². The Morgan fingerprint density at radius 2 is 1.42 bits per heavy atom. The highest BCUT2D eigenvalue weighted by Gasteiger charge is 2.30. The lowest BCUT2D eigenvalue weighted by Crippen LogP contribution is -2.05. The first kappa shape index (κ1) is 28.1. The number of hydrogen-bond donors (Lipinski definition) is 1. The maximum Gasteiger partial charge on any atom is 0.416 e. The van der Waals surface area contributed by atoms with Crippen LogP contribution in [0.15, 0.2) is 60.8 Å². The molecule has 0 aliphatic rings. The summed E-state index contributed by atoms with van der Waals surface area (Å²) in [6.07, 6.45) is 1.31. The standard InChI is InChI=1S/C28H25F4NO5/c1-35-24-16-22(33-12-11-23(34)18-7-9-20(10-8-18)28(30,31)32)19(15-21(24)29)6-5-17-13-25(36-2)27(38-4)26(14-17)37-3/h5-16,33H,1-4H3/b6-5-,12-11-. The molecule has 38 heavy (non-hydrogen) atoms. The van der Waals surface area contributed by atoms with Gasteiger partial charge in [-0.2, -0.15) is 13.2 Å². The summed E-state index contributed by atoms with van der Waals surface area (Å²) in [5.74, 6) is 0.154. The highest BCUT2D eigenvalue weighted by Crippen LogP contribution is 2.39. The van der Waals surface area contributed by atoms with E-state index in [1.165, 1.54) is 46.8 Å². The minimum atomic E-state index is -4.49. The summed E-state index contributed by atoms with van der Waals surface area (Å²) >= 11 is 0. The monoisotopic (exact) mass is 531 g/mol. The van der Waals surface area contributed by atoms with Crippen LogP contribution in [0.4, 0.5) is 23.2 Å². The second kappa shape index (κ2) is 12.2. The minimum absolute atomic E-state index is 0.0279. The van der Waals surface area contributed by atoms with Crippen molar-refractivity contribution >= 4 is 23.6 Å². The number of rotatable bonds is 10. The highest BCUT2D eigenvalue weighted by molar-refractivity contribution is 6.04. The van der Waals surface area contributed by atoms with Gasteiger partial charge >= 0.3 is 6.18 Å². The molecule has 1 N–H and O–H groups in total. The Balaban J connectivity index is 1.87. The van der Waals surface area contributed by atoms with Gasteiger partial charge in [-0.25, -0.2) is 4.39 Å². The molecule has 0 saturated heterocycles. The molecule has 0 atom stereocenters. The number of anilines is 1. The Hall–Kier alpha value is -4.47. The topological polar surface area (TPSA) is 66.0 Å². The molecule has 0 heterocycles. The Morgan fingerprint density at radius 1 is 0.816 bits per heavy atom. The van der Waals surface area contributed by atoms with Gasteiger partial charge in [-0.05, 0) is 35.9 Å². The molecule has 3 rings (SSSR count). The number of hydrogen-bond acceptors (Lipinski definition) is 6. The van der Waals surface area contributed by atoms with E-state index in [2.05, 4.69) is 5.32 Å². The van der Waals surface area contributed by atoms with Crippen molar-refractivity contribution in [1.29, 1.82) is 0 Å². The first-order chi connectivity index (χ1) is 18.1. The van der Waals surface area contributed by atoms with E-state index < -0.39 is 23.3 Å². The summed E-state index contributed by atoms with van der Waals surface area (Å²) < 4.78 is 73.8. The lowest BCUT2D eigenvalue weighted by Gasteiger charge is -2.13. The fourth-order valence-electron chi connectivity index (χ4n) is 3.50. The predicted molar refractivity (Wildman–Crippen MR) is 137 cm³/mol. The SMILES string of the molecule is COc1cc(N/C=C\C(=O)c2ccc(C(F)(F)F)cc2)c(/C=C\c2cc(OC)c(OC)c(OC)c2)cc1F. The summed E-state index contributed by atoms with van der Waals surface area (Å²) in [5.41, 5.74) is 0.732. The predicted octanol–water partition coefficient (Wildman–Crippen LogP) is 6.86. The van der Waals surface area contributed by atoms with Gasteiger partial charge in [-0.15, -0.1) is 0 Å². The summed E-state index contributed by atoms with van der Waals surface area (Å²) in [5, 5.41) is 2.90. The molecule has 0 unspecified atom stereocenters. The van der Waals surface area contributed by atoms with E-state index in [0.29, 0.717) is 34.1 Å². The van der Waals surface area contributed by atoms with Gasteiger partial charge in [0.15, 0.2) is 28.8 Å². The maximum atomic E-state index is 14.5. The number of ether oxygens (including phenoxy) is 4. The molecule has 0 aromatic heterocycles. The highest BCUT2D eigenvalue weighted by atomic mass is 19.4. The van der Waals surface area contributed by atoms with Crippen LogP contribution >= 0.6 is 0 Å². The van der Waals surface area contributed by atoms with Crippen molar-refractivity contribution < 1.29 is 41.3 Å². The molecule has 10 heteroatoms. The molecule has 3 aromatic rings. The number of halogens is 4. The zero-order valence-electron chi connectivity index (χ0n) is 21.0. The number of methoxy groups -OCH3 is 4. The van der Waals surface area contributed by atoms with Crippen molar-refractivity contribution in [3.8, 4) is 23.0 Å². The number of ketones is 1. The van der Waals surface area contributed by atoms with Crippen molar-refractivity contribution in [2.75, 3.05) is 33.8 Å². The molecule has 0 aliphatic heterocycles. The van der Waals surface area contributed by atoms with Crippen molar-refractivity contribution in [2.24, 2.45) is 0 Å². The van der Waals surface area contributed by atoms with Crippen molar-refractivity contribution in [2.45, 2.75) is 6.18 Å². The summed E-state index contributed by atoms with van der Waals surface area (Å²) in [6.45, 7) is 0. The summed E-state index contributed by atoms with van der Waals surface area (Å²) in [6, 6.07) is 9.97. The van der Waals surface area contributed by atoms with Crippen LogP contribution in [0, 0.1) is 5.82 Å². The minimum Gasteiger partial charge on any atom is -0.494 e. The van der Waals surface area contributed by atoms with E-state index in [1.54, 1.807) is 24.3 Å². The third kappa shape index (κ3) is 6.64. The average Bonchev–Trinajstić information content (AvgIpc) is 2.91. The van der Waals surface area contributed by atoms with Crippen LogP contribution < -0.4 is 24.3 Å². The normalized spacial score (nSPS) is 11.6. The van der Waals surface area contributed by atoms with Gasteiger partial charge in [0.25, 0.3) is 0 Å². The van der Waals surface area contributed by atoms with E-state index in [-0.39, 0.29) is 11.3 Å². The van der Waals surface area contributed by atoms with Crippen LogP contribution in [0.3, 0.4) is 0 Å². The third-order valence-corrected chi connectivity index (χ3v) is 5.44. The fourth-order valence-corrected chi connectivity index (χ4v) is 3.50. The van der Waals surface area contributed by atoms with Gasteiger partial charge < -0.3 is 24.3 Å². The van der Waals surface area contributed by atoms with Crippen LogP contribution in [0.1, 0.15) is 27.0 Å². The third-order valence-electron chi connectivity index (χ3n) is 5.44. The largest absolute Gasteiger partial charge is 0.494 e. The van der Waals surface area contributed by atoms with Crippen LogP contribution in [0.25, 0.3) is 12.2 Å². The quantitative estimate of drug-likeness (QED) is 0.134. The molecule has 6 nitrogen and oxygen atoms in total. The molecule has 0 spiro atoms. The molecule has 200 valence electrons. The van der Waals surface area contributed by atoms with Gasteiger partial charge in [-0.1, -0.05) is 24.3 Å². The maximum absolute atomic E-state index is 14.5. The lowest BCUT2D eigenvalue weighted by atomic mass is 10.1. The number of alkyl halides is 3. The van der Waals surface area contributed by atoms with Crippen LogP contribution in [-0.4, -0.2) is 34.2 Å². The summed E-state index contributed by atoms with van der Waals surface area (Å²) in [7, 11) is 5.79. The van der Waals surface area contributed by atoms with E-state index in [1.807, 2.05) is 0 Å². The first-order valence-electron chi connectivity index (χ1n) is 11.1. The Kier molecular flexibility index (Phi) is 9.01. The molecule has 0 saturated carbocycles. The molecular weight excluding hydrogens is 506 g/mol. The molecule has 0 amide bonds. The number of nitrogens with one attached hydrogen (secondary N) is 1. The smallest absolute Gasteiger partial charge is 0.416 e.